The number of hydrogen-bond acceptors (Lipinski definition) is 6. The highest BCUT2D eigenvalue weighted by atomic mass is 32.2. The molecule has 0 aliphatic carbocycles. The van der Waals surface area contributed by atoms with Crippen LogP contribution in [0.5, 0.6) is 0 Å². The summed E-state index contributed by atoms with van der Waals surface area (Å²) in [6.07, 6.45) is 0.853. The van der Waals surface area contributed by atoms with Gasteiger partial charge in [0, 0.05) is 13.2 Å². The van der Waals surface area contributed by atoms with Crippen LogP contribution in [0.15, 0.2) is 30.3 Å². The van der Waals surface area contributed by atoms with Gasteiger partial charge in [-0.25, -0.2) is 17.9 Å². The van der Waals surface area contributed by atoms with E-state index < -0.39 is 40.5 Å². The normalized spacial score (nSPS) is 18.8. The predicted octanol–water partition coefficient (Wildman–Crippen LogP) is 2.26. The van der Waals surface area contributed by atoms with Gasteiger partial charge in [-0.1, -0.05) is 30.3 Å². The zero-order valence-corrected chi connectivity index (χ0v) is 16.3. The van der Waals surface area contributed by atoms with E-state index in [9.17, 15) is 26.4 Å². The molecule has 1 amide bonds. The number of benzene rings is 1. The first-order chi connectivity index (χ1) is 13.7. The first-order valence-electron chi connectivity index (χ1n) is 8.94. The molecule has 1 aliphatic heterocycles. The minimum absolute atomic E-state index is 0.0553. The molecule has 2 atom stereocenters. The number of hydrogen-bond donors (Lipinski definition) is 2. The molecule has 29 heavy (non-hydrogen) atoms. The fourth-order valence-corrected chi connectivity index (χ4v) is 3.03. The van der Waals surface area contributed by atoms with Crippen molar-refractivity contribution >= 4 is 16.1 Å². The molecule has 2 rings (SSSR count). The van der Waals surface area contributed by atoms with Crippen molar-refractivity contribution in [3.8, 4) is 0 Å². The summed E-state index contributed by atoms with van der Waals surface area (Å²) < 4.78 is 77.2. The molecule has 0 saturated carbocycles. The third kappa shape index (κ3) is 8.17. The fraction of sp³-hybridized carbons (Fsp3) is 0.588. The van der Waals surface area contributed by atoms with E-state index in [0.717, 1.165) is 12.8 Å². The Morgan fingerprint density at radius 2 is 1.97 bits per heavy atom. The minimum atomic E-state index is -5.56. The second-order valence-corrected chi connectivity index (χ2v) is 8.09. The Morgan fingerprint density at radius 3 is 2.59 bits per heavy atom. The second-order valence-electron chi connectivity index (χ2n) is 6.33. The number of carbonyl (C=O) groups is 1. The molecule has 1 unspecified atom stereocenters. The lowest BCUT2D eigenvalue weighted by Gasteiger charge is -2.26. The van der Waals surface area contributed by atoms with Gasteiger partial charge in [0.25, 0.3) is 0 Å². The van der Waals surface area contributed by atoms with Crippen LogP contribution in [-0.2, 0) is 30.8 Å². The average molecular weight is 440 g/mol. The van der Waals surface area contributed by atoms with E-state index in [1.165, 1.54) is 4.72 Å². The molecule has 1 aromatic carbocycles. The molecule has 0 spiro atoms. The van der Waals surface area contributed by atoms with Crippen LogP contribution in [0.25, 0.3) is 0 Å². The zero-order chi connectivity index (χ0) is 21.3. The Labute approximate surface area is 166 Å². The topological polar surface area (TPSA) is 103 Å². The van der Waals surface area contributed by atoms with E-state index in [0.29, 0.717) is 18.6 Å². The van der Waals surface area contributed by atoms with Gasteiger partial charge in [-0.3, -0.25) is 0 Å². The highest BCUT2D eigenvalue weighted by molar-refractivity contribution is 7.90. The van der Waals surface area contributed by atoms with Gasteiger partial charge < -0.3 is 19.5 Å². The predicted molar refractivity (Wildman–Crippen MR) is 96.1 cm³/mol. The van der Waals surface area contributed by atoms with Crippen LogP contribution in [0.2, 0.25) is 0 Å². The summed E-state index contributed by atoms with van der Waals surface area (Å²) in [4.78, 5) is 12.0. The number of sulfonamides is 1. The van der Waals surface area contributed by atoms with Crippen molar-refractivity contribution < 1.29 is 40.6 Å². The minimum Gasteiger partial charge on any atom is -0.445 e. The highest BCUT2D eigenvalue weighted by Gasteiger charge is 2.45. The molecular formula is C17H23F3N2O6S. The van der Waals surface area contributed by atoms with Gasteiger partial charge in [-0.2, -0.15) is 13.2 Å². The molecule has 0 aromatic heterocycles. The number of rotatable bonds is 9. The maximum Gasteiger partial charge on any atom is 0.511 e. The number of ether oxygens (including phenoxy) is 3. The molecule has 1 fully saturated rings. The van der Waals surface area contributed by atoms with Crippen LogP contribution in [0.4, 0.5) is 18.0 Å². The maximum atomic E-state index is 12.5. The number of alkyl halides is 3. The van der Waals surface area contributed by atoms with Crippen LogP contribution < -0.4 is 10.0 Å². The Hall–Kier alpha value is -1.89. The third-order valence-corrected chi connectivity index (χ3v) is 5.14. The fourth-order valence-electron chi connectivity index (χ4n) is 2.44. The third-order valence-electron chi connectivity index (χ3n) is 3.98. The Bertz CT molecular complexity index is 739. The lowest BCUT2D eigenvalue weighted by atomic mass is 10.2. The quantitative estimate of drug-likeness (QED) is 0.611. The van der Waals surface area contributed by atoms with Gasteiger partial charge >= 0.3 is 21.6 Å². The van der Waals surface area contributed by atoms with Crippen molar-refractivity contribution in [1.29, 1.82) is 0 Å². The lowest BCUT2D eigenvalue weighted by Crippen LogP contribution is -2.49. The summed E-state index contributed by atoms with van der Waals surface area (Å²) in [5.41, 5.74) is -4.75. The van der Waals surface area contributed by atoms with Crippen LogP contribution >= 0.6 is 0 Å². The Balaban J connectivity index is 1.90. The zero-order valence-electron chi connectivity index (χ0n) is 15.5. The van der Waals surface area contributed by atoms with Gasteiger partial charge in [0.1, 0.15) is 6.61 Å². The van der Waals surface area contributed by atoms with Crippen molar-refractivity contribution in [1.82, 2.24) is 10.0 Å². The smallest absolute Gasteiger partial charge is 0.445 e. The number of carbonyl (C=O) groups excluding carboxylic acids is 1. The SMILES string of the molecule is O=C(N[C@H](CNS(=O)(=O)C(F)(F)F)COC1CCCCO1)OCc1ccccc1. The van der Waals surface area contributed by atoms with Gasteiger partial charge in [0.15, 0.2) is 6.29 Å². The molecular weight excluding hydrogens is 417 g/mol. The first-order valence-corrected chi connectivity index (χ1v) is 10.4. The number of amides is 1. The van der Waals surface area contributed by atoms with Crippen molar-refractivity contribution in [2.24, 2.45) is 0 Å². The summed E-state index contributed by atoms with van der Waals surface area (Å²) >= 11 is 0. The molecule has 1 heterocycles. The molecule has 164 valence electrons. The Kier molecular flexibility index (Phi) is 8.68. The maximum absolute atomic E-state index is 12.5. The molecule has 2 N–H and O–H groups in total. The second kappa shape index (κ2) is 10.8. The van der Waals surface area contributed by atoms with Gasteiger partial charge in [0.05, 0.1) is 12.6 Å². The summed E-state index contributed by atoms with van der Waals surface area (Å²) in [6, 6.07) is 7.65. The average Bonchev–Trinajstić information content (AvgIpc) is 2.69. The molecule has 0 radical (unpaired) electrons. The van der Waals surface area contributed by atoms with Crippen LogP contribution in [-0.4, -0.2) is 52.1 Å². The van der Waals surface area contributed by atoms with E-state index in [1.807, 2.05) is 0 Å². The van der Waals surface area contributed by atoms with E-state index in [1.54, 1.807) is 30.3 Å². The number of nitrogens with one attached hydrogen (secondary N) is 2. The lowest BCUT2D eigenvalue weighted by molar-refractivity contribution is -0.165. The summed E-state index contributed by atoms with van der Waals surface area (Å²) in [6.45, 7) is -0.552. The molecule has 1 saturated heterocycles. The van der Waals surface area contributed by atoms with Gasteiger partial charge in [0.2, 0.25) is 0 Å². The van der Waals surface area contributed by atoms with Crippen molar-refractivity contribution in [2.45, 2.75) is 43.7 Å². The van der Waals surface area contributed by atoms with Crippen molar-refractivity contribution in [3.63, 3.8) is 0 Å². The number of alkyl carbamates (subject to hydrolysis) is 1. The summed E-state index contributed by atoms with van der Waals surface area (Å²) in [7, 11) is -5.56. The van der Waals surface area contributed by atoms with E-state index >= 15 is 0 Å². The van der Waals surface area contributed by atoms with Gasteiger partial charge in [-0.05, 0) is 24.8 Å². The van der Waals surface area contributed by atoms with Crippen LogP contribution in [0, 0.1) is 0 Å². The molecule has 1 aromatic rings. The first kappa shape index (κ1) is 23.4. The summed E-state index contributed by atoms with van der Waals surface area (Å²) in [5, 5.41) is 2.31. The largest absolute Gasteiger partial charge is 0.511 e. The van der Waals surface area contributed by atoms with Crippen LogP contribution in [0.3, 0.4) is 0 Å². The molecule has 0 bridgehead atoms. The van der Waals surface area contributed by atoms with E-state index in [4.69, 9.17) is 14.2 Å². The molecule has 12 heteroatoms. The highest BCUT2D eigenvalue weighted by Crippen LogP contribution is 2.21. The van der Waals surface area contributed by atoms with Crippen molar-refractivity contribution in [2.75, 3.05) is 19.8 Å². The Morgan fingerprint density at radius 1 is 1.24 bits per heavy atom. The summed E-state index contributed by atoms with van der Waals surface area (Å²) in [5.74, 6) is 0. The van der Waals surface area contributed by atoms with E-state index in [-0.39, 0.29) is 13.2 Å². The number of halogens is 3. The van der Waals surface area contributed by atoms with Crippen LogP contribution in [0.1, 0.15) is 24.8 Å². The van der Waals surface area contributed by atoms with Gasteiger partial charge in [-0.15, -0.1) is 0 Å². The monoisotopic (exact) mass is 440 g/mol. The molecule has 8 nitrogen and oxygen atoms in total. The van der Waals surface area contributed by atoms with E-state index in [2.05, 4.69) is 5.32 Å². The molecule has 1 aliphatic rings. The van der Waals surface area contributed by atoms with Crippen molar-refractivity contribution in [3.05, 3.63) is 35.9 Å². The standard InChI is InChI=1S/C17H23F3N2O6S/c18-17(19,20)29(24,25)21-10-14(12-27-15-8-4-5-9-26-15)22-16(23)28-11-13-6-2-1-3-7-13/h1-3,6-7,14-15,21H,4-5,8-12H2,(H,22,23)/t14-,15?/m1/s1.